The maximum absolute atomic E-state index is 12.5. The molecule has 3 atom stereocenters. The van der Waals surface area contributed by atoms with E-state index in [1.54, 1.807) is 6.33 Å². The Morgan fingerprint density at radius 2 is 1.88 bits per heavy atom. The summed E-state index contributed by atoms with van der Waals surface area (Å²) < 4.78 is 0. The van der Waals surface area contributed by atoms with Crippen LogP contribution in [0.3, 0.4) is 0 Å². The molecule has 0 radical (unpaired) electrons. The second-order valence-electron chi connectivity index (χ2n) is 6.18. The van der Waals surface area contributed by atoms with E-state index < -0.39 is 0 Å². The van der Waals surface area contributed by atoms with Gasteiger partial charge in [0.2, 0.25) is 5.91 Å². The zero-order valence-electron chi connectivity index (χ0n) is 13.9. The standard InChI is InChI=1S/C19H22N4O/c1-12(13(2)20)19(24)23-18(14-6-4-3-5-7-14)15-8-9-16-17(10-15)22-11-21-16/h3-13,18H,20H2,1-2H3,(H,21,22)(H,23,24). The highest BCUT2D eigenvalue weighted by Gasteiger charge is 2.22. The molecule has 0 aliphatic rings. The third-order valence-corrected chi connectivity index (χ3v) is 4.40. The van der Waals surface area contributed by atoms with Crippen LogP contribution in [0.25, 0.3) is 11.0 Å². The minimum absolute atomic E-state index is 0.0523. The zero-order valence-corrected chi connectivity index (χ0v) is 13.9. The fourth-order valence-electron chi connectivity index (χ4n) is 2.65. The first-order valence-electron chi connectivity index (χ1n) is 8.10. The molecule has 124 valence electrons. The van der Waals surface area contributed by atoms with Gasteiger partial charge in [0.15, 0.2) is 0 Å². The van der Waals surface area contributed by atoms with E-state index >= 15 is 0 Å². The first-order valence-corrected chi connectivity index (χ1v) is 8.10. The molecule has 0 saturated heterocycles. The quantitative estimate of drug-likeness (QED) is 0.675. The van der Waals surface area contributed by atoms with Gasteiger partial charge >= 0.3 is 0 Å². The average Bonchev–Trinajstić information content (AvgIpc) is 3.07. The van der Waals surface area contributed by atoms with Crippen molar-refractivity contribution in [2.45, 2.75) is 25.9 Å². The van der Waals surface area contributed by atoms with Crippen LogP contribution in [0.4, 0.5) is 0 Å². The van der Waals surface area contributed by atoms with Gasteiger partial charge < -0.3 is 16.0 Å². The van der Waals surface area contributed by atoms with E-state index in [9.17, 15) is 4.79 Å². The van der Waals surface area contributed by atoms with E-state index in [4.69, 9.17) is 5.73 Å². The van der Waals surface area contributed by atoms with E-state index in [0.29, 0.717) is 0 Å². The highest BCUT2D eigenvalue weighted by molar-refractivity contribution is 5.80. The number of hydrogen-bond acceptors (Lipinski definition) is 3. The van der Waals surface area contributed by atoms with Crippen LogP contribution in [0.2, 0.25) is 0 Å². The third kappa shape index (κ3) is 3.31. The van der Waals surface area contributed by atoms with Gasteiger partial charge in [0, 0.05) is 12.0 Å². The lowest BCUT2D eigenvalue weighted by Crippen LogP contribution is -2.40. The van der Waals surface area contributed by atoms with Gasteiger partial charge in [0.05, 0.1) is 23.4 Å². The zero-order chi connectivity index (χ0) is 17.1. The number of rotatable bonds is 5. The summed E-state index contributed by atoms with van der Waals surface area (Å²) in [5, 5.41) is 3.13. The Labute approximate surface area is 141 Å². The van der Waals surface area contributed by atoms with E-state index in [-0.39, 0.29) is 23.9 Å². The number of carbonyl (C=O) groups is 1. The van der Waals surface area contributed by atoms with E-state index in [0.717, 1.165) is 22.2 Å². The van der Waals surface area contributed by atoms with E-state index in [2.05, 4.69) is 15.3 Å². The number of imidazole rings is 1. The second kappa shape index (κ2) is 6.84. The third-order valence-electron chi connectivity index (χ3n) is 4.40. The molecule has 24 heavy (non-hydrogen) atoms. The fourth-order valence-corrected chi connectivity index (χ4v) is 2.65. The lowest BCUT2D eigenvalue weighted by atomic mass is 9.96. The summed E-state index contributed by atoms with van der Waals surface area (Å²) in [4.78, 5) is 19.9. The molecule has 0 aliphatic carbocycles. The molecule has 0 fully saturated rings. The number of carbonyl (C=O) groups excluding carboxylic acids is 1. The number of nitrogens with zero attached hydrogens (tertiary/aromatic N) is 1. The Kier molecular flexibility index (Phi) is 4.62. The SMILES string of the molecule is CC(N)C(C)C(=O)NC(c1ccccc1)c1ccc2nc[nH]c2c1. The fraction of sp³-hybridized carbons (Fsp3) is 0.263. The Morgan fingerprint density at radius 1 is 1.12 bits per heavy atom. The molecule has 0 aliphatic heterocycles. The Bertz CT molecular complexity index is 826. The first kappa shape index (κ1) is 16.2. The van der Waals surface area contributed by atoms with Crippen LogP contribution >= 0.6 is 0 Å². The van der Waals surface area contributed by atoms with Crippen LogP contribution in [0, 0.1) is 5.92 Å². The minimum atomic E-state index is -0.257. The molecule has 5 nitrogen and oxygen atoms in total. The highest BCUT2D eigenvalue weighted by atomic mass is 16.1. The van der Waals surface area contributed by atoms with Crippen molar-refractivity contribution < 1.29 is 4.79 Å². The van der Waals surface area contributed by atoms with Gasteiger partial charge in [-0.3, -0.25) is 4.79 Å². The summed E-state index contributed by atoms with van der Waals surface area (Å²) in [6.07, 6.45) is 1.67. The number of fused-ring (bicyclic) bond motifs is 1. The molecule has 3 aromatic rings. The predicted octanol–water partition coefficient (Wildman–Crippen LogP) is 2.75. The lowest BCUT2D eigenvalue weighted by molar-refractivity contribution is -0.125. The summed E-state index contributed by atoms with van der Waals surface area (Å²) in [7, 11) is 0. The van der Waals surface area contributed by atoms with Gasteiger partial charge in [0.25, 0.3) is 0 Å². The van der Waals surface area contributed by atoms with Gasteiger partial charge in [-0.2, -0.15) is 0 Å². The van der Waals surface area contributed by atoms with Crippen LogP contribution in [0.15, 0.2) is 54.9 Å². The van der Waals surface area contributed by atoms with Crippen LogP contribution < -0.4 is 11.1 Å². The largest absolute Gasteiger partial charge is 0.345 e. The Morgan fingerprint density at radius 3 is 2.58 bits per heavy atom. The normalized spacial score (nSPS) is 15.0. The van der Waals surface area contributed by atoms with Gasteiger partial charge in [-0.15, -0.1) is 0 Å². The summed E-state index contributed by atoms with van der Waals surface area (Å²) >= 11 is 0. The topological polar surface area (TPSA) is 83.8 Å². The first-order chi connectivity index (χ1) is 11.6. The minimum Gasteiger partial charge on any atom is -0.345 e. The van der Waals surface area contributed by atoms with Crippen molar-refractivity contribution in [3.63, 3.8) is 0 Å². The monoisotopic (exact) mass is 322 g/mol. The molecule has 0 saturated carbocycles. The van der Waals surface area contributed by atoms with E-state index in [1.807, 2.05) is 62.4 Å². The number of nitrogens with one attached hydrogen (secondary N) is 2. The van der Waals surface area contributed by atoms with Gasteiger partial charge in [0.1, 0.15) is 0 Å². The maximum atomic E-state index is 12.5. The molecular formula is C19H22N4O. The van der Waals surface area contributed by atoms with Gasteiger partial charge in [-0.25, -0.2) is 4.98 Å². The molecule has 5 heteroatoms. The van der Waals surface area contributed by atoms with Crippen molar-refractivity contribution in [3.05, 3.63) is 66.0 Å². The molecule has 1 aromatic heterocycles. The smallest absolute Gasteiger partial charge is 0.225 e. The second-order valence-corrected chi connectivity index (χ2v) is 6.18. The van der Waals surface area contributed by atoms with Crippen molar-refractivity contribution in [2.75, 3.05) is 0 Å². The van der Waals surface area contributed by atoms with Crippen LogP contribution in [-0.4, -0.2) is 21.9 Å². The summed E-state index contributed by atoms with van der Waals surface area (Å²) in [6.45, 7) is 3.69. The van der Waals surface area contributed by atoms with Crippen molar-refractivity contribution in [1.29, 1.82) is 0 Å². The molecule has 3 rings (SSSR count). The maximum Gasteiger partial charge on any atom is 0.225 e. The summed E-state index contributed by atoms with van der Waals surface area (Å²) in [5.41, 5.74) is 9.76. The molecule has 2 aromatic carbocycles. The van der Waals surface area contributed by atoms with Gasteiger partial charge in [-0.05, 0) is 30.2 Å². The van der Waals surface area contributed by atoms with Crippen LogP contribution in [0.5, 0.6) is 0 Å². The number of hydrogen-bond donors (Lipinski definition) is 3. The lowest BCUT2D eigenvalue weighted by Gasteiger charge is -2.23. The Balaban J connectivity index is 1.97. The van der Waals surface area contributed by atoms with Crippen molar-refractivity contribution in [3.8, 4) is 0 Å². The number of H-pyrrole nitrogens is 1. The number of benzene rings is 2. The number of nitrogens with two attached hydrogens (primary N) is 1. The molecule has 4 N–H and O–H groups in total. The van der Waals surface area contributed by atoms with Crippen LogP contribution in [-0.2, 0) is 4.79 Å². The summed E-state index contributed by atoms with van der Waals surface area (Å²) in [5.74, 6) is -0.310. The van der Waals surface area contributed by atoms with Crippen molar-refractivity contribution >= 4 is 16.9 Å². The molecule has 3 unspecified atom stereocenters. The van der Waals surface area contributed by atoms with E-state index in [1.165, 1.54) is 0 Å². The molecule has 1 heterocycles. The summed E-state index contributed by atoms with van der Waals surface area (Å²) in [6, 6.07) is 15.5. The Hall–Kier alpha value is -2.66. The van der Waals surface area contributed by atoms with Crippen LogP contribution in [0.1, 0.15) is 31.0 Å². The number of amides is 1. The van der Waals surface area contributed by atoms with Crippen molar-refractivity contribution in [2.24, 2.45) is 11.7 Å². The molecule has 0 bridgehead atoms. The number of aromatic nitrogens is 2. The average molecular weight is 322 g/mol. The molecular weight excluding hydrogens is 300 g/mol. The molecule has 0 spiro atoms. The molecule has 1 amide bonds. The predicted molar refractivity (Wildman–Crippen MR) is 95.3 cm³/mol. The number of aromatic amines is 1. The van der Waals surface area contributed by atoms with Crippen molar-refractivity contribution in [1.82, 2.24) is 15.3 Å². The highest BCUT2D eigenvalue weighted by Crippen LogP contribution is 2.25. The van der Waals surface area contributed by atoms with Gasteiger partial charge in [-0.1, -0.05) is 43.3 Å².